The molecule has 0 saturated heterocycles. The van der Waals surface area contributed by atoms with Crippen LogP contribution in [-0.4, -0.2) is 4.98 Å². The van der Waals surface area contributed by atoms with Gasteiger partial charge in [0, 0.05) is 23.5 Å². The van der Waals surface area contributed by atoms with Crippen LogP contribution in [0, 0.1) is 11.6 Å². The molecule has 2 N–H and O–H groups in total. The molecule has 0 fully saturated rings. The Bertz CT molecular complexity index is 551. The molecule has 0 spiro atoms. The van der Waals surface area contributed by atoms with Crippen molar-refractivity contribution in [3.05, 3.63) is 65.5 Å². The number of hydrogen-bond acceptors (Lipinski definition) is 2. The van der Waals surface area contributed by atoms with Crippen LogP contribution >= 0.6 is 0 Å². The van der Waals surface area contributed by atoms with E-state index in [1.807, 2.05) is 0 Å². The van der Waals surface area contributed by atoms with Gasteiger partial charge in [0.1, 0.15) is 11.6 Å². The highest BCUT2D eigenvalue weighted by Gasteiger charge is 2.06. The molecule has 0 bridgehead atoms. The van der Waals surface area contributed by atoms with Gasteiger partial charge in [-0.3, -0.25) is 4.98 Å². The molecule has 4 heteroatoms. The number of halogens is 2. The van der Waals surface area contributed by atoms with Gasteiger partial charge in [-0.25, -0.2) is 8.78 Å². The van der Waals surface area contributed by atoms with Crippen LogP contribution in [0.15, 0.2) is 42.6 Å². The minimum atomic E-state index is -0.685. The molecule has 0 amide bonds. The van der Waals surface area contributed by atoms with Crippen molar-refractivity contribution in [3.63, 3.8) is 0 Å². The van der Waals surface area contributed by atoms with Crippen molar-refractivity contribution in [1.29, 1.82) is 0 Å². The topological polar surface area (TPSA) is 38.9 Å². The lowest BCUT2D eigenvalue weighted by Gasteiger charge is -2.03. The highest BCUT2D eigenvalue weighted by molar-refractivity contribution is 5.78. The molecule has 17 heavy (non-hydrogen) atoms. The molecule has 0 atom stereocenters. The summed E-state index contributed by atoms with van der Waals surface area (Å²) in [5.41, 5.74) is 6.73. The second-order valence-electron chi connectivity index (χ2n) is 3.48. The van der Waals surface area contributed by atoms with E-state index in [2.05, 4.69) is 4.98 Å². The molecular formula is C13H10F2N2. The van der Waals surface area contributed by atoms with Crippen molar-refractivity contribution < 1.29 is 8.78 Å². The summed E-state index contributed by atoms with van der Waals surface area (Å²) < 4.78 is 26.1. The van der Waals surface area contributed by atoms with Crippen molar-refractivity contribution in [2.75, 3.05) is 0 Å². The average Bonchev–Trinajstić information content (AvgIpc) is 2.30. The lowest BCUT2D eigenvalue weighted by molar-refractivity contribution is 0.581. The van der Waals surface area contributed by atoms with Gasteiger partial charge in [0.05, 0.1) is 5.69 Å². The first-order valence-corrected chi connectivity index (χ1v) is 5.00. The molecule has 0 unspecified atom stereocenters. The lowest BCUT2D eigenvalue weighted by Crippen LogP contribution is -2.00. The second kappa shape index (κ2) is 4.74. The Morgan fingerprint density at radius 1 is 1.18 bits per heavy atom. The molecule has 0 aliphatic rings. The molecule has 0 radical (unpaired) electrons. The van der Waals surface area contributed by atoms with Crippen LogP contribution in [-0.2, 0) is 0 Å². The standard InChI is InChI=1S/C13H10F2N2/c14-9-4-5-11(12(15)7-9)13(16)8-10-3-1-2-6-17-10/h1-8H,16H2/b13-8+. The Kier molecular flexibility index (Phi) is 3.14. The summed E-state index contributed by atoms with van der Waals surface area (Å²) >= 11 is 0. The second-order valence-corrected chi connectivity index (χ2v) is 3.48. The fraction of sp³-hybridized carbons (Fsp3) is 0. The van der Waals surface area contributed by atoms with Crippen molar-refractivity contribution >= 4 is 11.8 Å². The molecule has 2 rings (SSSR count). The van der Waals surface area contributed by atoms with Crippen LogP contribution in [0.5, 0.6) is 0 Å². The Labute approximate surface area is 97.4 Å². The Balaban J connectivity index is 2.37. The van der Waals surface area contributed by atoms with E-state index in [1.165, 1.54) is 12.1 Å². The van der Waals surface area contributed by atoms with Crippen molar-refractivity contribution in [3.8, 4) is 0 Å². The molecule has 1 heterocycles. The lowest BCUT2D eigenvalue weighted by atomic mass is 10.1. The zero-order valence-corrected chi connectivity index (χ0v) is 8.90. The maximum absolute atomic E-state index is 13.4. The van der Waals surface area contributed by atoms with Crippen LogP contribution in [0.2, 0.25) is 0 Å². The van der Waals surface area contributed by atoms with Crippen LogP contribution in [0.1, 0.15) is 11.3 Å². The first-order chi connectivity index (χ1) is 8.16. The number of nitrogens with zero attached hydrogens (tertiary/aromatic N) is 1. The molecule has 86 valence electrons. The first-order valence-electron chi connectivity index (χ1n) is 5.00. The van der Waals surface area contributed by atoms with E-state index < -0.39 is 11.6 Å². The van der Waals surface area contributed by atoms with Crippen LogP contribution in [0.4, 0.5) is 8.78 Å². The monoisotopic (exact) mass is 232 g/mol. The Hall–Kier alpha value is -2.23. The quantitative estimate of drug-likeness (QED) is 0.864. The SMILES string of the molecule is N/C(=C/c1ccccn1)c1ccc(F)cc1F. The van der Waals surface area contributed by atoms with E-state index in [0.717, 1.165) is 12.1 Å². The van der Waals surface area contributed by atoms with Gasteiger partial charge in [0.25, 0.3) is 0 Å². The highest BCUT2D eigenvalue weighted by Crippen LogP contribution is 2.17. The zero-order chi connectivity index (χ0) is 12.3. The normalized spacial score (nSPS) is 11.5. The van der Waals surface area contributed by atoms with Crippen molar-refractivity contribution in [2.24, 2.45) is 5.73 Å². The number of aromatic nitrogens is 1. The van der Waals surface area contributed by atoms with Crippen LogP contribution in [0.3, 0.4) is 0 Å². The third-order valence-corrected chi connectivity index (χ3v) is 2.23. The largest absolute Gasteiger partial charge is 0.398 e. The summed E-state index contributed by atoms with van der Waals surface area (Å²) in [6, 6.07) is 8.58. The predicted octanol–water partition coefficient (Wildman–Crippen LogP) is 2.82. The maximum atomic E-state index is 13.4. The van der Waals surface area contributed by atoms with Crippen molar-refractivity contribution in [1.82, 2.24) is 4.98 Å². The molecule has 0 aliphatic heterocycles. The van der Waals surface area contributed by atoms with Gasteiger partial charge in [-0.2, -0.15) is 0 Å². The summed E-state index contributed by atoms with van der Waals surface area (Å²) in [6.07, 6.45) is 3.15. The van der Waals surface area contributed by atoms with Crippen LogP contribution < -0.4 is 5.73 Å². The van der Waals surface area contributed by atoms with E-state index in [4.69, 9.17) is 5.73 Å². The number of hydrogen-bond donors (Lipinski definition) is 1. The van der Waals surface area contributed by atoms with E-state index in [1.54, 1.807) is 24.4 Å². The number of rotatable bonds is 2. The maximum Gasteiger partial charge on any atom is 0.135 e. The first kappa shape index (κ1) is 11.3. The molecule has 1 aromatic carbocycles. The fourth-order valence-corrected chi connectivity index (χ4v) is 1.42. The predicted molar refractivity (Wildman–Crippen MR) is 62.7 cm³/mol. The highest BCUT2D eigenvalue weighted by atomic mass is 19.1. The number of pyridine rings is 1. The Morgan fingerprint density at radius 2 is 2.00 bits per heavy atom. The van der Waals surface area contributed by atoms with Gasteiger partial charge >= 0.3 is 0 Å². The third-order valence-electron chi connectivity index (χ3n) is 2.23. The summed E-state index contributed by atoms with van der Waals surface area (Å²) in [4.78, 5) is 4.04. The molecule has 0 saturated carbocycles. The van der Waals surface area contributed by atoms with E-state index in [0.29, 0.717) is 5.69 Å². The third kappa shape index (κ3) is 2.66. The van der Waals surface area contributed by atoms with Gasteiger partial charge < -0.3 is 5.73 Å². The smallest absolute Gasteiger partial charge is 0.135 e. The molecule has 2 aromatic rings. The molecule has 1 aromatic heterocycles. The van der Waals surface area contributed by atoms with Gasteiger partial charge in [-0.05, 0) is 30.3 Å². The fourth-order valence-electron chi connectivity index (χ4n) is 1.42. The summed E-state index contributed by atoms with van der Waals surface area (Å²) in [7, 11) is 0. The van der Waals surface area contributed by atoms with Gasteiger partial charge in [0.15, 0.2) is 0 Å². The van der Waals surface area contributed by atoms with Crippen molar-refractivity contribution in [2.45, 2.75) is 0 Å². The van der Waals surface area contributed by atoms with E-state index >= 15 is 0 Å². The van der Waals surface area contributed by atoms with Gasteiger partial charge in [0.2, 0.25) is 0 Å². The Morgan fingerprint density at radius 3 is 2.65 bits per heavy atom. The molecule has 0 aliphatic carbocycles. The zero-order valence-electron chi connectivity index (χ0n) is 8.90. The average molecular weight is 232 g/mol. The van der Waals surface area contributed by atoms with E-state index in [9.17, 15) is 8.78 Å². The minimum absolute atomic E-state index is 0.164. The van der Waals surface area contributed by atoms with Gasteiger partial charge in [-0.15, -0.1) is 0 Å². The number of benzene rings is 1. The molecular weight excluding hydrogens is 222 g/mol. The minimum Gasteiger partial charge on any atom is -0.398 e. The van der Waals surface area contributed by atoms with E-state index in [-0.39, 0.29) is 11.3 Å². The molecule has 2 nitrogen and oxygen atoms in total. The van der Waals surface area contributed by atoms with Gasteiger partial charge in [-0.1, -0.05) is 6.07 Å². The van der Waals surface area contributed by atoms with Crippen LogP contribution in [0.25, 0.3) is 11.8 Å². The number of nitrogens with two attached hydrogens (primary N) is 1. The summed E-state index contributed by atoms with van der Waals surface area (Å²) in [5.74, 6) is -1.31. The summed E-state index contributed by atoms with van der Waals surface area (Å²) in [6.45, 7) is 0. The summed E-state index contributed by atoms with van der Waals surface area (Å²) in [5, 5.41) is 0.